The predicted octanol–water partition coefficient (Wildman–Crippen LogP) is 3.27. The zero-order valence-corrected chi connectivity index (χ0v) is 15.4. The molecular formula is C19H21N5OS. The molecule has 0 bridgehead atoms. The summed E-state index contributed by atoms with van der Waals surface area (Å²) in [5.74, 6) is 2.32. The summed E-state index contributed by atoms with van der Waals surface area (Å²) in [5, 5.41) is 10.6. The van der Waals surface area contributed by atoms with Gasteiger partial charge in [-0.05, 0) is 55.0 Å². The molecule has 2 aliphatic rings. The summed E-state index contributed by atoms with van der Waals surface area (Å²) in [7, 11) is 0. The van der Waals surface area contributed by atoms with Crippen molar-refractivity contribution < 1.29 is 4.74 Å². The van der Waals surface area contributed by atoms with Gasteiger partial charge >= 0.3 is 0 Å². The minimum Gasteiger partial charge on any atom is -0.476 e. The van der Waals surface area contributed by atoms with Crippen molar-refractivity contribution in [3.63, 3.8) is 0 Å². The molecule has 1 aliphatic heterocycles. The van der Waals surface area contributed by atoms with Gasteiger partial charge in [0.1, 0.15) is 12.1 Å². The third-order valence-corrected chi connectivity index (χ3v) is 6.30. The van der Waals surface area contributed by atoms with Crippen LogP contribution in [0.4, 0.5) is 5.82 Å². The van der Waals surface area contributed by atoms with Gasteiger partial charge in [0, 0.05) is 19.2 Å². The normalized spacial score (nSPS) is 17.6. The molecule has 0 amide bonds. The van der Waals surface area contributed by atoms with Crippen molar-refractivity contribution in [1.82, 2.24) is 20.2 Å². The molecule has 3 aromatic heterocycles. The number of hydrogen-bond acceptors (Lipinski definition) is 7. The molecule has 4 heterocycles. The molecular weight excluding hydrogens is 346 g/mol. The van der Waals surface area contributed by atoms with Crippen LogP contribution < -0.4 is 9.64 Å². The fourth-order valence-corrected chi connectivity index (χ4v) is 4.76. The third kappa shape index (κ3) is 3.00. The van der Waals surface area contributed by atoms with Crippen LogP contribution in [-0.4, -0.2) is 39.9 Å². The molecule has 0 saturated carbocycles. The predicted molar refractivity (Wildman–Crippen MR) is 102 cm³/mol. The maximum atomic E-state index is 5.95. The summed E-state index contributed by atoms with van der Waals surface area (Å²) >= 11 is 1.72. The van der Waals surface area contributed by atoms with Crippen LogP contribution in [0.2, 0.25) is 0 Å². The van der Waals surface area contributed by atoms with Crippen molar-refractivity contribution in [1.29, 1.82) is 0 Å². The highest BCUT2D eigenvalue weighted by Crippen LogP contribution is 2.31. The van der Waals surface area contributed by atoms with Crippen molar-refractivity contribution in [2.75, 3.05) is 24.6 Å². The van der Waals surface area contributed by atoms with E-state index in [0.717, 1.165) is 62.4 Å². The molecule has 0 aromatic carbocycles. The Kier molecular flexibility index (Phi) is 4.16. The molecule has 0 atom stereocenters. The Morgan fingerprint density at radius 1 is 1.15 bits per heavy atom. The number of rotatable bonds is 4. The lowest BCUT2D eigenvalue weighted by atomic mass is 9.98. The number of ether oxygens (including phenoxy) is 1. The largest absolute Gasteiger partial charge is 0.476 e. The number of aryl methyl sites for hydroxylation is 2. The summed E-state index contributed by atoms with van der Waals surface area (Å²) in [6.07, 6.45) is 7.24. The topological polar surface area (TPSA) is 64.0 Å². The average molecular weight is 367 g/mol. The summed E-state index contributed by atoms with van der Waals surface area (Å²) in [5.41, 5.74) is 3.50. The SMILES string of the molecule is c1nc(N2CCC(COc3cc4c(nn3)CCC4)CC2)c2sccc2n1. The van der Waals surface area contributed by atoms with E-state index in [-0.39, 0.29) is 0 Å². The molecule has 0 unspecified atom stereocenters. The number of aromatic nitrogens is 4. The van der Waals surface area contributed by atoms with Gasteiger partial charge < -0.3 is 9.64 Å². The van der Waals surface area contributed by atoms with Crippen LogP contribution in [0.1, 0.15) is 30.5 Å². The molecule has 26 heavy (non-hydrogen) atoms. The second-order valence-electron chi connectivity index (χ2n) is 7.08. The quantitative estimate of drug-likeness (QED) is 0.705. The summed E-state index contributed by atoms with van der Waals surface area (Å²) in [6, 6.07) is 4.14. The molecule has 1 fully saturated rings. The zero-order valence-electron chi connectivity index (χ0n) is 14.6. The fraction of sp³-hybridized carbons (Fsp3) is 0.474. The Balaban J connectivity index is 1.19. The van der Waals surface area contributed by atoms with Gasteiger partial charge in [0.25, 0.3) is 0 Å². The van der Waals surface area contributed by atoms with Crippen molar-refractivity contribution >= 4 is 27.4 Å². The Morgan fingerprint density at radius 3 is 3.00 bits per heavy atom. The van der Waals surface area contributed by atoms with Crippen LogP contribution in [0.15, 0.2) is 23.8 Å². The molecule has 5 rings (SSSR count). The van der Waals surface area contributed by atoms with Crippen LogP contribution in [0.25, 0.3) is 10.2 Å². The second-order valence-corrected chi connectivity index (χ2v) is 8.00. The number of nitrogens with zero attached hydrogens (tertiary/aromatic N) is 5. The lowest BCUT2D eigenvalue weighted by Crippen LogP contribution is -2.36. The Bertz CT molecular complexity index is 919. The lowest BCUT2D eigenvalue weighted by molar-refractivity contribution is 0.214. The molecule has 0 radical (unpaired) electrons. The number of fused-ring (bicyclic) bond motifs is 2. The Hall–Kier alpha value is -2.28. The summed E-state index contributed by atoms with van der Waals surface area (Å²) in [4.78, 5) is 11.3. The van der Waals surface area contributed by atoms with Gasteiger partial charge in [0.05, 0.1) is 22.5 Å². The maximum absolute atomic E-state index is 5.95. The standard InChI is InChI=1S/C19H21N5OS/c1-2-14-10-17(23-22-15(14)3-1)25-11-13-4-7-24(8-5-13)19-18-16(6-9-26-18)20-12-21-19/h6,9-10,12-13H,1-5,7-8,11H2. The van der Waals surface area contributed by atoms with Crippen molar-refractivity contribution in [3.8, 4) is 5.88 Å². The molecule has 3 aromatic rings. The molecule has 0 spiro atoms. The van der Waals surface area contributed by atoms with Crippen LogP contribution in [-0.2, 0) is 12.8 Å². The first-order chi connectivity index (χ1) is 12.9. The number of hydrogen-bond donors (Lipinski definition) is 0. The van der Waals surface area contributed by atoms with E-state index in [9.17, 15) is 0 Å². The molecule has 7 heteroatoms. The first-order valence-electron chi connectivity index (χ1n) is 9.28. The smallest absolute Gasteiger partial charge is 0.233 e. The second kappa shape index (κ2) is 6.79. The lowest BCUT2D eigenvalue weighted by Gasteiger charge is -2.32. The van der Waals surface area contributed by atoms with E-state index in [0.29, 0.717) is 11.8 Å². The fourth-order valence-electron chi connectivity index (χ4n) is 3.89. The van der Waals surface area contributed by atoms with Gasteiger partial charge in [-0.3, -0.25) is 0 Å². The van der Waals surface area contributed by atoms with Gasteiger partial charge in [0.2, 0.25) is 5.88 Å². The Labute approximate surface area is 156 Å². The number of piperidine rings is 1. The highest BCUT2D eigenvalue weighted by atomic mass is 32.1. The minimum absolute atomic E-state index is 0.557. The monoisotopic (exact) mass is 367 g/mol. The summed E-state index contributed by atoms with van der Waals surface area (Å²) < 4.78 is 7.14. The van der Waals surface area contributed by atoms with Gasteiger partial charge in [-0.15, -0.1) is 16.4 Å². The first kappa shape index (κ1) is 15.9. The van der Waals surface area contributed by atoms with Gasteiger partial charge in [-0.1, -0.05) is 0 Å². The molecule has 6 nitrogen and oxygen atoms in total. The molecule has 1 saturated heterocycles. The molecule has 134 valence electrons. The van der Waals surface area contributed by atoms with E-state index >= 15 is 0 Å². The van der Waals surface area contributed by atoms with E-state index < -0.39 is 0 Å². The highest BCUT2D eigenvalue weighted by Gasteiger charge is 2.23. The summed E-state index contributed by atoms with van der Waals surface area (Å²) in [6.45, 7) is 2.74. The van der Waals surface area contributed by atoms with Crippen molar-refractivity contribution in [2.24, 2.45) is 5.92 Å². The van der Waals surface area contributed by atoms with Gasteiger partial charge in [0.15, 0.2) is 0 Å². The minimum atomic E-state index is 0.557. The van der Waals surface area contributed by atoms with Crippen LogP contribution in [0, 0.1) is 5.92 Å². The van der Waals surface area contributed by atoms with E-state index in [1.807, 2.05) is 0 Å². The average Bonchev–Trinajstić information content (AvgIpc) is 3.35. The van der Waals surface area contributed by atoms with E-state index in [1.54, 1.807) is 17.7 Å². The first-order valence-corrected chi connectivity index (χ1v) is 10.2. The van der Waals surface area contributed by atoms with Crippen molar-refractivity contribution in [3.05, 3.63) is 35.1 Å². The third-order valence-electron chi connectivity index (χ3n) is 5.40. The van der Waals surface area contributed by atoms with Crippen molar-refractivity contribution in [2.45, 2.75) is 32.1 Å². The van der Waals surface area contributed by atoms with E-state index in [2.05, 4.69) is 42.6 Å². The molecule has 0 N–H and O–H groups in total. The van der Waals surface area contributed by atoms with Crippen LogP contribution in [0.3, 0.4) is 0 Å². The molecule has 1 aliphatic carbocycles. The van der Waals surface area contributed by atoms with E-state index in [1.165, 1.54) is 16.7 Å². The highest BCUT2D eigenvalue weighted by molar-refractivity contribution is 7.17. The number of anilines is 1. The zero-order chi connectivity index (χ0) is 17.3. The maximum Gasteiger partial charge on any atom is 0.233 e. The Morgan fingerprint density at radius 2 is 2.08 bits per heavy atom. The number of thiophene rings is 1. The van der Waals surface area contributed by atoms with Crippen LogP contribution in [0.5, 0.6) is 5.88 Å². The van der Waals surface area contributed by atoms with Gasteiger partial charge in [-0.25, -0.2) is 9.97 Å². The van der Waals surface area contributed by atoms with Gasteiger partial charge in [-0.2, -0.15) is 5.10 Å². The van der Waals surface area contributed by atoms with E-state index in [4.69, 9.17) is 4.74 Å². The van der Waals surface area contributed by atoms with Crippen LogP contribution >= 0.6 is 11.3 Å².